The van der Waals surface area contributed by atoms with Gasteiger partial charge in [-0.1, -0.05) is 36.0 Å². The number of morpholine rings is 1. The Kier molecular flexibility index (Phi) is 6.43. The average molecular weight is 514 g/mol. The van der Waals surface area contributed by atoms with Crippen molar-refractivity contribution < 1.29 is 17.9 Å². The highest BCUT2D eigenvalue weighted by molar-refractivity contribution is 7.99. The van der Waals surface area contributed by atoms with Crippen molar-refractivity contribution in [2.24, 2.45) is 0 Å². The molecule has 0 unspecified atom stereocenters. The molecule has 1 amide bonds. The molecule has 2 aliphatic heterocycles. The van der Waals surface area contributed by atoms with Gasteiger partial charge in [-0.05, 0) is 50.1 Å². The number of benzene rings is 2. The number of carbonyl (C=O) groups is 1. The number of hydrogen-bond donors (Lipinski definition) is 1. The average Bonchev–Trinajstić information content (AvgIpc) is 3.29. The van der Waals surface area contributed by atoms with Gasteiger partial charge in [-0.3, -0.25) is 9.36 Å². The van der Waals surface area contributed by atoms with Crippen LogP contribution in [0.4, 0.5) is 5.69 Å². The lowest BCUT2D eigenvalue weighted by Gasteiger charge is -2.34. The van der Waals surface area contributed by atoms with E-state index in [0.717, 1.165) is 17.8 Å². The first kappa shape index (κ1) is 24.0. The van der Waals surface area contributed by atoms with Crippen LogP contribution < -0.4 is 5.32 Å². The molecule has 35 heavy (non-hydrogen) atoms. The monoisotopic (exact) mass is 513 g/mol. The molecule has 2 aliphatic rings. The van der Waals surface area contributed by atoms with Gasteiger partial charge < -0.3 is 10.1 Å². The van der Waals surface area contributed by atoms with E-state index in [2.05, 4.69) is 46.1 Å². The molecule has 3 heterocycles. The zero-order chi connectivity index (χ0) is 24.6. The molecule has 0 radical (unpaired) electrons. The third kappa shape index (κ3) is 4.73. The van der Waals surface area contributed by atoms with E-state index < -0.39 is 10.0 Å². The second-order valence-corrected chi connectivity index (χ2v) is 12.0. The van der Waals surface area contributed by atoms with Crippen molar-refractivity contribution in [1.82, 2.24) is 19.1 Å². The minimum atomic E-state index is -3.57. The summed E-state index contributed by atoms with van der Waals surface area (Å²) in [5.74, 6) is 0.769. The topological polar surface area (TPSA) is 106 Å². The molecular weight excluding hydrogens is 486 g/mol. The summed E-state index contributed by atoms with van der Waals surface area (Å²) in [6.45, 7) is 5.76. The van der Waals surface area contributed by atoms with Gasteiger partial charge in [-0.25, -0.2) is 8.42 Å². The van der Waals surface area contributed by atoms with E-state index in [4.69, 9.17) is 4.74 Å². The van der Waals surface area contributed by atoms with Crippen molar-refractivity contribution in [1.29, 1.82) is 0 Å². The number of rotatable bonds is 6. The fourth-order valence-electron chi connectivity index (χ4n) is 4.49. The number of fused-ring (bicyclic) bond motifs is 3. The SMILES string of the molecule is CC1(C)Cc2ccccc2-c2nnc(SCC(=O)Nc3ccc(S(=O)(=O)N4CCOCC4)cc3)n21. The first-order chi connectivity index (χ1) is 16.8. The van der Waals surface area contributed by atoms with E-state index in [1.54, 1.807) is 12.1 Å². The predicted molar refractivity (Wildman–Crippen MR) is 134 cm³/mol. The van der Waals surface area contributed by atoms with Gasteiger partial charge in [0.2, 0.25) is 15.9 Å². The minimum absolute atomic E-state index is 0.156. The Bertz CT molecular complexity index is 1350. The summed E-state index contributed by atoms with van der Waals surface area (Å²) in [4.78, 5) is 12.8. The summed E-state index contributed by atoms with van der Waals surface area (Å²) in [7, 11) is -3.57. The molecule has 0 saturated carbocycles. The molecule has 5 rings (SSSR count). The number of nitrogens with one attached hydrogen (secondary N) is 1. The van der Waals surface area contributed by atoms with Crippen LogP contribution in [0.5, 0.6) is 0 Å². The number of ether oxygens (including phenoxy) is 1. The van der Waals surface area contributed by atoms with Gasteiger partial charge in [0.25, 0.3) is 0 Å². The van der Waals surface area contributed by atoms with Crippen LogP contribution in [0.3, 0.4) is 0 Å². The van der Waals surface area contributed by atoms with Gasteiger partial charge in [0, 0.05) is 29.9 Å². The van der Waals surface area contributed by atoms with Crippen molar-refractivity contribution >= 4 is 33.4 Å². The van der Waals surface area contributed by atoms with Crippen LogP contribution in [-0.2, 0) is 31.5 Å². The van der Waals surface area contributed by atoms with Crippen LogP contribution in [0.1, 0.15) is 19.4 Å². The van der Waals surface area contributed by atoms with Gasteiger partial charge in [-0.2, -0.15) is 4.31 Å². The Hall–Kier alpha value is -2.73. The molecule has 184 valence electrons. The number of thioether (sulfide) groups is 1. The predicted octanol–water partition coefficient (Wildman–Crippen LogP) is 2.99. The quantitative estimate of drug-likeness (QED) is 0.505. The molecule has 3 aromatic rings. The summed E-state index contributed by atoms with van der Waals surface area (Å²) in [5, 5.41) is 12.3. The van der Waals surface area contributed by atoms with Crippen LogP contribution in [0.2, 0.25) is 0 Å². The van der Waals surface area contributed by atoms with E-state index in [0.29, 0.717) is 37.1 Å². The van der Waals surface area contributed by atoms with E-state index in [9.17, 15) is 13.2 Å². The van der Waals surface area contributed by atoms with E-state index in [1.165, 1.54) is 33.8 Å². The number of anilines is 1. The van der Waals surface area contributed by atoms with Gasteiger partial charge >= 0.3 is 0 Å². The molecule has 1 aromatic heterocycles. The van der Waals surface area contributed by atoms with Gasteiger partial charge in [-0.15, -0.1) is 10.2 Å². The zero-order valence-electron chi connectivity index (χ0n) is 19.6. The maximum atomic E-state index is 12.8. The molecule has 0 spiro atoms. The second-order valence-electron chi connectivity index (χ2n) is 9.17. The third-order valence-corrected chi connectivity index (χ3v) is 9.04. The Morgan fingerprint density at radius 3 is 2.54 bits per heavy atom. The lowest BCUT2D eigenvalue weighted by molar-refractivity contribution is -0.113. The maximum absolute atomic E-state index is 12.8. The molecular formula is C24H27N5O4S2. The normalized spacial score (nSPS) is 17.4. The third-order valence-electron chi connectivity index (χ3n) is 6.20. The van der Waals surface area contributed by atoms with Crippen LogP contribution in [0.25, 0.3) is 11.4 Å². The van der Waals surface area contributed by atoms with E-state index in [-0.39, 0.29) is 22.1 Å². The second kappa shape index (κ2) is 9.38. The summed E-state index contributed by atoms with van der Waals surface area (Å²) < 4.78 is 34.3. The first-order valence-corrected chi connectivity index (χ1v) is 13.8. The molecule has 0 atom stereocenters. The fraction of sp³-hybridized carbons (Fsp3) is 0.375. The van der Waals surface area contributed by atoms with Crippen LogP contribution in [0.15, 0.2) is 58.6 Å². The number of aromatic nitrogens is 3. The van der Waals surface area contributed by atoms with E-state index in [1.807, 2.05) is 12.1 Å². The molecule has 0 aliphatic carbocycles. The largest absolute Gasteiger partial charge is 0.379 e. The van der Waals surface area contributed by atoms with Crippen molar-refractivity contribution in [2.75, 3.05) is 37.4 Å². The Labute approximate surface area is 208 Å². The van der Waals surface area contributed by atoms with Crippen LogP contribution >= 0.6 is 11.8 Å². The molecule has 11 heteroatoms. The number of hydrogen-bond acceptors (Lipinski definition) is 7. The Balaban J connectivity index is 1.24. The van der Waals surface area contributed by atoms with Crippen molar-refractivity contribution in [2.45, 2.75) is 35.9 Å². The molecule has 0 bridgehead atoms. The van der Waals surface area contributed by atoms with Gasteiger partial charge in [0.15, 0.2) is 11.0 Å². The summed E-state index contributed by atoms with van der Waals surface area (Å²) in [5.41, 5.74) is 2.64. The van der Waals surface area contributed by atoms with Gasteiger partial charge in [0.1, 0.15) is 0 Å². The number of sulfonamides is 1. The van der Waals surface area contributed by atoms with Crippen LogP contribution in [-0.4, -0.2) is 65.5 Å². The fourth-order valence-corrected chi connectivity index (χ4v) is 6.80. The number of nitrogens with zero attached hydrogens (tertiary/aromatic N) is 4. The Morgan fingerprint density at radius 1 is 1.09 bits per heavy atom. The van der Waals surface area contributed by atoms with Crippen molar-refractivity contribution in [3.8, 4) is 11.4 Å². The number of carbonyl (C=O) groups excluding carboxylic acids is 1. The molecule has 1 N–H and O–H groups in total. The lowest BCUT2D eigenvalue weighted by Crippen LogP contribution is -2.40. The standard InChI is InChI=1S/C24H27N5O4S2/c1-24(2)15-17-5-3-4-6-20(17)22-26-27-23(29(22)24)34-16-21(30)25-18-7-9-19(10-8-18)35(31,32)28-11-13-33-14-12-28/h3-10H,11-16H2,1-2H3,(H,25,30). The molecule has 1 saturated heterocycles. The highest BCUT2D eigenvalue weighted by Crippen LogP contribution is 2.39. The van der Waals surface area contributed by atoms with Gasteiger partial charge in [0.05, 0.1) is 23.9 Å². The zero-order valence-corrected chi connectivity index (χ0v) is 21.2. The van der Waals surface area contributed by atoms with Crippen LogP contribution in [0, 0.1) is 0 Å². The lowest BCUT2D eigenvalue weighted by atomic mass is 9.87. The highest BCUT2D eigenvalue weighted by Gasteiger charge is 2.34. The maximum Gasteiger partial charge on any atom is 0.243 e. The van der Waals surface area contributed by atoms with Crippen molar-refractivity contribution in [3.63, 3.8) is 0 Å². The minimum Gasteiger partial charge on any atom is -0.379 e. The molecule has 2 aromatic carbocycles. The summed E-state index contributed by atoms with van der Waals surface area (Å²) >= 11 is 1.34. The first-order valence-electron chi connectivity index (χ1n) is 11.4. The van der Waals surface area contributed by atoms with Crippen molar-refractivity contribution in [3.05, 3.63) is 54.1 Å². The highest BCUT2D eigenvalue weighted by atomic mass is 32.2. The molecule has 9 nitrogen and oxygen atoms in total. The Morgan fingerprint density at radius 2 is 1.80 bits per heavy atom. The smallest absolute Gasteiger partial charge is 0.243 e. The van der Waals surface area contributed by atoms with E-state index >= 15 is 0 Å². The molecule has 1 fully saturated rings. The number of amides is 1. The summed E-state index contributed by atoms with van der Waals surface area (Å²) in [6, 6.07) is 14.4. The summed E-state index contributed by atoms with van der Waals surface area (Å²) in [6.07, 6.45) is 0.855.